The van der Waals surface area contributed by atoms with Crippen molar-refractivity contribution in [1.82, 2.24) is 9.97 Å². The molecule has 5 heteroatoms. The molecule has 0 radical (unpaired) electrons. The summed E-state index contributed by atoms with van der Waals surface area (Å²) in [5.41, 5.74) is 6.31. The van der Waals surface area contributed by atoms with Gasteiger partial charge in [0, 0.05) is 16.8 Å². The lowest BCUT2D eigenvalue weighted by Crippen LogP contribution is -2.03. The molecule has 0 fully saturated rings. The number of aryl methyl sites for hydroxylation is 2. The summed E-state index contributed by atoms with van der Waals surface area (Å²) in [5.74, 6) is 1.21. The molecule has 4 rings (SSSR count). The maximum Gasteiger partial charge on any atom is 0.243 e. The number of nitrogens with zero attached hydrogens (tertiary/aromatic N) is 3. The highest BCUT2D eigenvalue weighted by atomic mass is 16.3. The number of hydrazone groups is 1. The highest BCUT2D eigenvalue weighted by molar-refractivity contribution is 6.09. The zero-order chi connectivity index (χ0) is 17.4. The first-order chi connectivity index (χ1) is 12.1. The monoisotopic (exact) mass is 330 g/mol. The van der Waals surface area contributed by atoms with Crippen LogP contribution in [0.3, 0.4) is 0 Å². The van der Waals surface area contributed by atoms with Crippen LogP contribution in [0.25, 0.3) is 21.7 Å². The van der Waals surface area contributed by atoms with Crippen LogP contribution in [0.5, 0.6) is 0 Å². The topological polar surface area (TPSA) is 63.3 Å². The van der Waals surface area contributed by atoms with E-state index in [0.29, 0.717) is 5.95 Å². The zero-order valence-corrected chi connectivity index (χ0v) is 14.4. The summed E-state index contributed by atoms with van der Waals surface area (Å²) in [6, 6.07) is 16.3. The van der Waals surface area contributed by atoms with E-state index in [1.54, 1.807) is 0 Å². The molecule has 0 unspecified atom stereocenters. The molecule has 5 nitrogen and oxygen atoms in total. The van der Waals surface area contributed by atoms with Gasteiger partial charge in [0.15, 0.2) is 5.76 Å². The van der Waals surface area contributed by atoms with Crippen LogP contribution < -0.4 is 5.43 Å². The van der Waals surface area contributed by atoms with Gasteiger partial charge >= 0.3 is 0 Å². The zero-order valence-electron chi connectivity index (χ0n) is 14.4. The van der Waals surface area contributed by atoms with Crippen LogP contribution in [0.15, 0.2) is 58.0 Å². The average molecular weight is 330 g/mol. The Morgan fingerprint density at radius 1 is 0.960 bits per heavy atom. The standard InChI is InChI=1S/C20H18N4O/c1-12-10-13(2)22-20(21-12)24-23-14(3)19-11-17-16-7-5-4-6-15(16)8-9-18(17)25-19/h4-11H,1-3H3,(H,21,22,24). The van der Waals surface area contributed by atoms with Gasteiger partial charge in [-0.1, -0.05) is 30.3 Å². The van der Waals surface area contributed by atoms with Crippen molar-refractivity contribution in [1.29, 1.82) is 0 Å². The third kappa shape index (κ3) is 2.96. The quantitative estimate of drug-likeness (QED) is 0.432. The molecule has 0 saturated heterocycles. The van der Waals surface area contributed by atoms with Crippen molar-refractivity contribution in [3.63, 3.8) is 0 Å². The molecule has 2 aromatic carbocycles. The first kappa shape index (κ1) is 15.3. The van der Waals surface area contributed by atoms with E-state index in [-0.39, 0.29) is 0 Å². The van der Waals surface area contributed by atoms with E-state index >= 15 is 0 Å². The first-order valence-electron chi connectivity index (χ1n) is 8.14. The van der Waals surface area contributed by atoms with E-state index in [1.807, 2.05) is 51.1 Å². The summed E-state index contributed by atoms with van der Waals surface area (Å²) in [6.45, 7) is 5.76. The van der Waals surface area contributed by atoms with E-state index in [2.05, 4.69) is 38.7 Å². The SMILES string of the molecule is CC(=NNc1nc(C)cc(C)n1)c1cc2c(ccc3ccccc32)o1. The fraction of sp³-hybridized carbons (Fsp3) is 0.150. The first-order valence-corrected chi connectivity index (χ1v) is 8.14. The molecular formula is C20H18N4O. The van der Waals surface area contributed by atoms with E-state index < -0.39 is 0 Å². The van der Waals surface area contributed by atoms with Crippen molar-refractivity contribution in [3.8, 4) is 0 Å². The molecule has 0 bridgehead atoms. The second kappa shape index (κ2) is 6.02. The summed E-state index contributed by atoms with van der Waals surface area (Å²) in [6.07, 6.45) is 0. The van der Waals surface area contributed by atoms with Crippen molar-refractivity contribution in [2.24, 2.45) is 5.10 Å². The van der Waals surface area contributed by atoms with Gasteiger partial charge in [-0.2, -0.15) is 5.10 Å². The molecular weight excluding hydrogens is 312 g/mol. The van der Waals surface area contributed by atoms with Gasteiger partial charge in [-0.05, 0) is 49.7 Å². The molecule has 0 amide bonds. The molecule has 0 aliphatic heterocycles. The van der Waals surface area contributed by atoms with E-state index in [9.17, 15) is 0 Å². The van der Waals surface area contributed by atoms with Gasteiger partial charge in [0.1, 0.15) is 11.3 Å². The predicted molar refractivity (Wildman–Crippen MR) is 101 cm³/mol. The second-order valence-electron chi connectivity index (χ2n) is 6.09. The largest absolute Gasteiger partial charge is 0.455 e. The Hall–Kier alpha value is -3.21. The number of benzene rings is 2. The number of hydrogen-bond acceptors (Lipinski definition) is 5. The molecule has 4 aromatic rings. The lowest BCUT2D eigenvalue weighted by molar-refractivity contribution is 0.604. The highest BCUT2D eigenvalue weighted by Crippen LogP contribution is 2.28. The molecule has 0 aliphatic carbocycles. The minimum Gasteiger partial charge on any atom is -0.455 e. The Morgan fingerprint density at radius 3 is 2.52 bits per heavy atom. The van der Waals surface area contributed by atoms with E-state index in [1.165, 1.54) is 10.8 Å². The van der Waals surface area contributed by atoms with Gasteiger partial charge in [0.2, 0.25) is 5.95 Å². The maximum atomic E-state index is 5.96. The smallest absolute Gasteiger partial charge is 0.243 e. The van der Waals surface area contributed by atoms with Crippen LogP contribution in [-0.2, 0) is 0 Å². The number of nitrogens with one attached hydrogen (secondary N) is 1. The number of hydrogen-bond donors (Lipinski definition) is 1. The molecule has 124 valence electrons. The molecule has 1 N–H and O–H groups in total. The average Bonchev–Trinajstić information content (AvgIpc) is 3.04. The van der Waals surface area contributed by atoms with Crippen molar-refractivity contribution in [2.75, 3.05) is 5.43 Å². The molecule has 0 spiro atoms. The minimum absolute atomic E-state index is 0.485. The van der Waals surface area contributed by atoms with Gasteiger partial charge in [0.25, 0.3) is 0 Å². The van der Waals surface area contributed by atoms with E-state index in [4.69, 9.17) is 4.42 Å². The fourth-order valence-electron chi connectivity index (χ4n) is 2.94. The Kier molecular flexibility index (Phi) is 3.69. The van der Waals surface area contributed by atoms with Crippen molar-refractivity contribution in [2.45, 2.75) is 20.8 Å². The van der Waals surface area contributed by atoms with Crippen LogP contribution in [-0.4, -0.2) is 15.7 Å². The Balaban J connectivity index is 1.69. The third-order valence-corrected chi connectivity index (χ3v) is 4.09. The molecule has 25 heavy (non-hydrogen) atoms. The number of rotatable bonds is 3. The maximum absolute atomic E-state index is 5.96. The summed E-state index contributed by atoms with van der Waals surface area (Å²) in [5, 5.41) is 7.83. The van der Waals surface area contributed by atoms with Crippen LogP contribution in [0, 0.1) is 13.8 Å². The van der Waals surface area contributed by atoms with Gasteiger partial charge in [0.05, 0.1) is 0 Å². The van der Waals surface area contributed by atoms with Crippen molar-refractivity contribution >= 4 is 33.4 Å². The van der Waals surface area contributed by atoms with Gasteiger partial charge in [-0.3, -0.25) is 0 Å². The summed E-state index contributed by atoms with van der Waals surface area (Å²) >= 11 is 0. The lowest BCUT2D eigenvalue weighted by Gasteiger charge is -2.02. The van der Waals surface area contributed by atoms with Gasteiger partial charge in [-0.15, -0.1) is 0 Å². The van der Waals surface area contributed by atoms with Gasteiger partial charge in [-0.25, -0.2) is 15.4 Å². The molecule has 2 aromatic heterocycles. The van der Waals surface area contributed by atoms with Gasteiger partial charge < -0.3 is 4.42 Å². The van der Waals surface area contributed by atoms with Crippen LogP contribution >= 0.6 is 0 Å². The van der Waals surface area contributed by atoms with Crippen LogP contribution in [0.4, 0.5) is 5.95 Å². The Labute approximate surface area is 145 Å². The second-order valence-corrected chi connectivity index (χ2v) is 6.09. The van der Waals surface area contributed by atoms with Crippen LogP contribution in [0.2, 0.25) is 0 Å². The summed E-state index contributed by atoms with van der Waals surface area (Å²) in [4.78, 5) is 8.65. The lowest BCUT2D eigenvalue weighted by atomic mass is 10.1. The highest BCUT2D eigenvalue weighted by Gasteiger charge is 2.09. The molecule has 0 saturated carbocycles. The third-order valence-electron chi connectivity index (χ3n) is 4.09. The van der Waals surface area contributed by atoms with Crippen molar-refractivity contribution in [3.05, 3.63) is 65.7 Å². The summed E-state index contributed by atoms with van der Waals surface area (Å²) < 4.78 is 5.96. The number of furan rings is 1. The van der Waals surface area contributed by atoms with Crippen molar-refractivity contribution < 1.29 is 4.42 Å². The Bertz CT molecular complexity index is 1090. The number of anilines is 1. The summed E-state index contributed by atoms with van der Waals surface area (Å²) in [7, 11) is 0. The minimum atomic E-state index is 0.485. The predicted octanol–water partition coefficient (Wildman–Crippen LogP) is 4.83. The molecule has 0 aliphatic rings. The molecule has 0 atom stereocenters. The van der Waals surface area contributed by atoms with Crippen LogP contribution in [0.1, 0.15) is 24.1 Å². The molecule has 2 heterocycles. The fourth-order valence-corrected chi connectivity index (χ4v) is 2.94. The Morgan fingerprint density at radius 2 is 1.72 bits per heavy atom. The number of fused-ring (bicyclic) bond motifs is 3. The van der Waals surface area contributed by atoms with E-state index in [0.717, 1.165) is 33.8 Å². The normalized spacial score (nSPS) is 12.0. The number of aromatic nitrogens is 2.